The summed E-state index contributed by atoms with van der Waals surface area (Å²) in [5, 5.41) is 0. The minimum Gasteiger partial charge on any atom is -0.456 e. The molecular formula is C24H25N3O2. The van der Waals surface area contributed by atoms with Crippen molar-refractivity contribution in [1.82, 2.24) is 4.68 Å². The van der Waals surface area contributed by atoms with Crippen LogP contribution in [0.4, 0.5) is 5.69 Å². The fraction of sp³-hybridized carbons (Fsp3) is 0.292. The predicted molar refractivity (Wildman–Crippen MR) is 116 cm³/mol. The maximum atomic E-state index is 12.7. The number of hydrogen-bond donors (Lipinski definition) is 1. The Morgan fingerprint density at radius 2 is 1.62 bits per heavy atom. The molecule has 0 bridgehead atoms. The standard InChI is InChI=1S/C24H25N3O2/c25-27-21(15-19(16-23(27)28)26-12-5-1-2-6-13-26)20-10-7-9-18-14-17-8-3-4-11-22(17)29-24(18)20/h3-4,7-11,15-16H,1-2,5-6,12-14,25H2. The molecule has 0 aliphatic carbocycles. The molecule has 3 aromatic rings. The van der Waals surface area contributed by atoms with Crippen molar-refractivity contribution >= 4 is 5.69 Å². The molecule has 0 unspecified atom stereocenters. The van der Waals surface area contributed by atoms with Crippen LogP contribution in [-0.4, -0.2) is 17.8 Å². The lowest BCUT2D eigenvalue weighted by molar-refractivity contribution is 0.461. The van der Waals surface area contributed by atoms with Gasteiger partial charge < -0.3 is 15.5 Å². The molecule has 5 nitrogen and oxygen atoms in total. The first-order valence-corrected chi connectivity index (χ1v) is 10.4. The van der Waals surface area contributed by atoms with Gasteiger partial charge in [-0.2, -0.15) is 0 Å². The highest BCUT2D eigenvalue weighted by molar-refractivity contribution is 5.74. The molecule has 29 heavy (non-hydrogen) atoms. The number of benzene rings is 2. The molecule has 1 aromatic heterocycles. The van der Waals surface area contributed by atoms with Gasteiger partial charge in [0.25, 0.3) is 5.56 Å². The molecule has 0 amide bonds. The number of para-hydroxylation sites is 2. The highest BCUT2D eigenvalue weighted by atomic mass is 16.5. The van der Waals surface area contributed by atoms with Gasteiger partial charge in [-0.15, -0.1) is 0 Å². The fourth-order valence-electron chi connectivity index (χ4n) is 4.40. The Kier molecular flexibility index (Phi) is 4.51. The van der Waals surface area contributed by atoms with Gasteiger partial charge in [0.1, 0.15) is 11.5 Å². The van der Waals surface area contributed by atoms with Crippen molar-refractivity contribution in [2.75, 3.05) is 23.8 Å². The second kappa shape index (κ2) is 7.32. The molecule has 0 spiro atoms. The van der Waals surface area contributed by atoms with Crippen molar-refractivity contribution in [3.8, 4) is 22.8 Å². The maximum Gasteiger partial charge on any atom is 0.271 e. The van der Waals surface area contributed by atoms with Gasteiger partial charge in [0, 0.05) is 36.8 Å². The summed E-state index contributed by atoms with van der Waals surface area (Å²) in [6.45, 7) is 1.95. The number of fused-ring (bicyclic) bond motifs is 2. The lowest BCUT2D eigenvalue weighted by atomic mass is 9.96. The van der Waals surface area contributed by atoms with E-state index in [-0.39, 0.29) is 5.56 Å². The van der Waals surface area contributed by atoms with E-state index < -0.39 is 0 Å². The number of ether oxygens (including phenoxy) is 1. The van der Waals surface area contributed by atoms with Gasteiger partial charge in [-0.3, -0.25) is 4.79 Å². The molecule has 1 saturated heterocycles. The van der Waals surface area contributed by atoms with Crippen molar-refractivity contribution in [1.29, 1.82) is 0 Å². The molecule has 5 rings (SSSR count). The van der Waals surface area contributed by atoms with E-state index in [2.05, 4.69) is 17.0 Å². The van der Waals surface area contributed by atoms with Crippen molar-refractivity contribution < 1.29 is 4.74 Å². The summed E-state index contributed by atoms with van der Waals surface area (Å²) < 4.78 is 7.52. The highest BCUT2D eigenvalue weighted by Crippen LogP contribution is 2.42. The minimum atomic E-state index is -0.199. The molecule has 0 radical (unpaired) electrons. The van der Waals surface area contributed by atoms with E-state index in [9.17, 15) is 4.79 Å². The first kappa shape index (κ1) is 17.9. The molecule has 2 aliphatic heterocycles. The van der Waals surface area contributed by atoms with Crippen LogP contribution in [0.15, 0.2) is 59.4 Å². The van der Waals surface area contributed by atoms with Crippen LogP contribution in [0.25, 0.3) is 11.3 Å². The van der Waals surface area contributed by atoms with Crippen LogP contribution >= 0.6 is 0 Å². The zero-order valence-electron chi connectivity index (χ0n) is 16.4. The Hall–Kier alpha value is -3.21. The normalized spacial score (nSPS) is 15.8. The molecule has 2 aromatic carbocycles. The Morgan fingerprint density at radius 3 is 2.45 bits per heavy atom. The minimum absolute atomic E-state index is 0.199. The number of nitrogen functional groups attached to an aromatic ring is 1. The fourth-order valence-corrected chi connectivity index (χ4v) is 4.40. The second-order valence-corrected chi connectivity index (χ2v) is 7.89. The lowest BCUT2D eigenvalue weighted by Gasteiger charge is -2.25. The summed E-state index contributed by atoms with van der Waals surface area (Å²) >= 11 is 0. The Balaban J connectivity index is 1.61. The van der Waals surface area contributed by atoms with E-state index in [1.54, 1.807) is 6.07 Å². The predicted octanol–water partition coefficient (Wildman–Crippen LogP) is 4.31. The Bertz CT molecular complexity index is 1110. The van der Waals surface area contributed by atoms with Crippen molar-refractivity contribution in [2.45, 2.75) is 32.1 Å². The highest BCUT2D eigenvalue weighted by Gasteiger charge is 2.22. The molecule has 1 fully saturated rings. The van der Waals surface area contributed by atoms with Crippen LogP contribution in [0, 0.1) is 0 Å². The Morgan fingerprint density at radius 1 is 0.862 bits per heavy atom. The number of nitrogens with two attached hydrogens (primary N) is 1. The van der Waals surface area contributed by atoms with Crippen LogP contribution in [0.3, 0.4) is 0 Å². The Labute approximate surface area is 170 Å². The molecule has 5 heteroatoms. The van der Waals surface area contributed by atoms with Crippen molar-refractivity contribution in [3.63, 3.8) is 0 Å². The SMILES string of the molecule is Nn1c(-c2cccc3c2Oc2ccccc2C3)cc(N2CCCCCC2)cc1=O. The topological polar surface area (TPSA) is 60.5 Å². The van der Waals surface area contributed by atoms with Crippen molar-refractivity contribution in [2.24, 2.45) is 0 Å². The smallest absolute Gasteiger partial charge is 0.271 e. The van der Waals surface area contributed by atoms with Crippen LogP contribution in [0.5, 0.6) is 11.5 Å². The zero-order chi connectivity index (χ0) is 19.8. The lowest BCUT2D eigenvalue weighted by Crippen LogP contribution is -2.31. The summed E-state index contributed by atoms with van der Waals surface area (Å²) in [6, 6.07) is 17.8. The van der Waals surface area contributed by atoms with Crippen molar-refractivity contribution in [3.05, 3.63) is 76.1 Å². The summed E-state index contributed by atoms with van der Waals surface area (Å²) in [4.78, 5) is 15.0. The first-order valence-electron chi connectivity index (χ1n) is 10.4. The number of anilines is 1. The molecular weight excluding hydrogens is 362 g/mol. The third-order valence-corrected chi connectivity index (χ3v) is 5.96. The number of rotatable bonds is 2. The van der Waals surface area contributed by atoms with Crippen LogP contribution < -0.4 is 21.0 Å². The molecule has 2 aliphatic rings. The third-order valence-electron chi connectivity index (χ3n) is 5.96. The van der Waals surface area contributed by atoms with Gasteiger partial charge in [0.15, 0.2) is 0 Å². The largest absolute Gasteiger partial charge is 0.456 e. The van der Waals surface area contributed by atoms with E-state index >= 15 is 0 Å². The molecule has 0 saturated carbocycles. The average Bonchev–Trinajstić information content (AvgIpc) is 3.03. The molecule has 3 heterocycles. The average molecular weight is 387 g/mol. The number of hydrogen-bond acceptors (Lipinski definition) is 4. The summed E-state index contributed by atoms with van der Waals surface area (Å²) in [7, 11) is 0. The maximum absolute atomic E-state index is 12.7. The van der Waals surface area contributed by atoms with E-state index in [4.69, 9.17) is 10.6 Å². The quantitative estimate of drug-likeness (QED) is 0.521. The van der Waals surface area contributed by atoms with E-state index in [0.717, 1.165) is 60.7 Å². The van der Waals surface area contributed by atoms with Gasteiger partial charge in [0.05, 0.1) is 5.69 Å². The van der Waals surface area contributed by atoms with Crippen LogP contribution in [0.2, 0.25) is 0 Å². The molecule has 0 atom stereocenters. The zero-order valence-corrected chi connectivity index (χ0v) is 16.4. The summed E-state index contributed by atoms with van der Waals surface area (Å²) in [5.41, 5.74) is 4.56. The van der Waals surface area contributed by atoms with Gasteiger partial charge in [0.2, 0.25) is 0 Å². The monoisotopic (exact) mass is 387 g/mol. The van der Waals surface area contributed by atoms with Gasteiger partial charge in [-0.05, 0) is 42.2 Å². The third kappa shape index (κ3) is 3.27. The van der Waals surface area contributed by atoms with Gasteiger partial charge in [-0.1, -0.05) is 43.2 Å². The van der Waals surface area contributed by atoms with E-state index in [0.29, 0.717) is 5.69 Å². The first-order chi connectivity index (χ1) is 14.2. The van der Waals surface area contributed by atoms with Crippen LogP contribution in [0.1, 0.15) is 36.8 Å². The van der Waals surface area contributed by atoms with E-state index in [1.807, 2.05) is 36.4 Å². The van der Waals surface area contributed by atoms with Gasteiger partial charge >= 0.3 is 0 Å². The second-order valence-electron chi connectivity index (χ2n) is 7.89. The van der Waals surface area contributed by atoms with E-state index in [1.165, 1.54) is 23.1 Å². The van der Waals surface area contributed by atoms with Crippen LogP contribution in [-0.2, 0) is 6.42 Å². The summed E-state index contributed by atoms with van der Waals surface area (Å²) in [5.74, 6) is 7.85. The number of nitrogens with zero attached hydrogens (tertiary/aromatic N) is 2. The number of aromatic nitrogens is 1. The molecule has 2 N–H and O–H groups in total. The summed E-state index contributed by atoms with van der Waals surface area (Å²) in [6.07, 6.45) is 5.61. The number of pyridine rings is 1. The molecule has 148 valence electrons. The van der Waals surface area contributed by atoms with Gasteiger partial charge in [-0.25, -0.2) is 4.68 Å².